The van der Waals surface area contributed by atoms with E-state index in [1.165, 1.54) is 19.1 Å². The third-order valence-electron chi connectivity index (χ3n) is 2.47. The number of aromatic nitrogens is 1. The van der Waals surface area contributed by atoms with Gasteiger partial charge in [0.2, 0.25) is 5.91 Å². The maximum absolute atomic E-state index is 12.1. The van der Waals surface area contributed by atoms with Gasteiger partial charge in [-0.2, -0.15) is 0 Å². The Balaban J connectivity index is 2.17. The highest BCUT2D eigenvalue weighted by Gasteiger charge is 2.09. The van der Waals surface area contributed by atoms with Gasteiger partial charge < -0.3 is 10.6 Å². The summed E-state index contributed by atoms with van der Waals surface area (Å²) in [6, 6.07) is 9.61. The molecular weight excluding hydrogens is 313 g/mol. The van der Waals surface area contributed by atoms with Crippen molar-refractivity contribution < 1.29 is 9.59 Å². The first kappa shape index (κ1) is 15.3. The number of nitrogens with one attached hydrogen (secondary N) is 2. The fourth-order valence-electron chi connectivity index (χ4n) is 1.68. The van der Waals surface area contributed by atoms with Gasteiger partial charge in [0.05, 0.1) is 0 Å². The van der Waals surface area contributed by atoms with Gasteiger partial charge >= 0.3 is 0 Å². The lowest BCUT2D eigenvalue weighted by Crippen LogP contribution is -2.13. The van der Waals surface area contributed by atoms with Gasteiger partial charge in [-0.3, -0.25) is 9.59 Å². The SMILES string of the molecule is CC(=O)Nc1cccc(NC(=O)c2cc(Cl)nc(Cl)c2)c1. The van der Waals surface area contributed by atoms with Crippen molar-refractivity contribution in [2.45, 2.75) is 6.92 Å². The first-order valence-electron chi connectivity index (χ1n) is 5.96. The average Bonchev–Trinajstić information content (AvgIpc) is 2.37. The Morgan fingerprint density at radius 3 is 2.14 bits per heavy atom. The number of carbonyl (C=O) groups excluding carboxylic acids is 2. The normalized spacial score (nSPS) is 10.0. The molecule has 0 radical (unpaired) electrons. The second-order valence-electron chi connectivity index (χ2n) is 4.22. The molecule has 0 bridgehead atoms. The molecule has 7 heteroatoms. The van der Waals surface area contributed by atoms with E-state index in [0.29, 0.717) is 16.9 Å². The number of benzene rings is 1. The standard InChI is InChI=1S/C14H11Cl2N3O2/c1-8(20)17-10-3-2-4-11(7-10)18-14(21)9-5-12(15)19-13(16)6-9/h2-7H,1H3,(H,17,20)(H,18,21). The number of anilines is 2. The van der Waals surface area contributed by atoms with E-state index in [0.717, 1.165) is 0 Å². The quantitative estimate of drug-likeness (QED) is 0.848. The van der Waals surface area contributed by atoms with E-state index in [2.05, 4.69) is 15.6 Å². The van der Waals surface area contributed by atoms with Gasteiger partial charge in [-0.15, -0.1) is 0 Å². The van der Waals surface area contributed by atoms with Crippen molar-refractivity contribution in [3.05, 3.63) is 52.3 Å². The first-order valence-corrected chi connectivity index (χ1v) is 6.72. The third-order valence-corrected chi connectivity index (χ3v) is 2.85. The number of amides is 2. The van der Waals surface area contributed by atoms with Gasteiger partial charge in [-0.1, -0.05) is 29.3 Å². The van der Waals surface area contributed by atoms with Crippen LogP contribution in [-0.4, -0.2) is 16.8 Å². The molecule has 21 heavy (non-hydrogen) atoms. The van der Waals surface area contributed by atoms with Gasteiger partial charge in [-0.05, 0) is 30.3 Å². The van der Waals surface area contributed by atoms with Gasteiger partial charge in [0.25, 0.3) is 5.91 Å². The second-order valence-corrected chi connectivity index (χ2v) is 4.99. The molecule has 0 saturated carbocycles. The lowest BCUT2D eigenvalue weighted by molar-refractivity contribution is -0.114. The van der Waals surface area contributed by atoms with Crippen molar-refractivity contribution in [2.24, 2.45) is 0 Å². The predicted molar refractivity (Wildman–Crippen MR) is 83.0 cm³/mol. The van der Waals surface area contributed by atoms with Gasteiger partial charge in [0, 0.05) is 23.9 Å². The van der Waals surface area contributed by atoms with Crippen molar-refractivity contribution in [1.29, 1.82) is 0 Å². The molecule has 2 rings (SSSR count). The van der Waals surface area contributed by atoms with Crippen LogP contribution in [0, 0.1) is 0 Å². The van der Waals surface area contributed by atoms with Crippen LogP contribution in [0.2, 0.25) is 10.3 Å². The van der Waals surface area contributed by atoms with Crippen LogP contribution in [0.1, 0.15) is 17.3 Å². The van der Waals surface area contributed by atoms with Crippen LogP contribution in [-0.2, 0) is 4.79 Å². The molecule has 0 fully saturated rings. The van der Waals surface area contributed by atoms with Crippen LogP contribution in [0.4, 0.5) is 11.4 Å². The summed E-state index contributed by atoms with van der Waals surface area (Å²) < 4.78 is 0. The summed E-state index contributed by atoms with van der Waals surface area (Å²) in [4.78, 5) is 26.9. The van der Waals surface area contributed by atoms with Crippen LogP contribution in [0.15, 0.2) is 36.4 Å². The Morgan fingerprint density at radius 1 is 1.00 bits per heavy atom. The van der Waals surface area contributed by atoms with Gasteiger partial charge in [0.15, 0.2) is 0 Å². The van der Waals surface area contributed by atoms with E-state index in [-0.39, 0.29) is 22.1 Å². The number of halogens is 2. The molecule has 1 heterocycles. The number of carbonyl (C=O) groups is 2. The Kier molecular flexibility index (Phi) is 4.77. The minimum Gasteiger partial charge on any atom is -0.326 e. The Hall–Kier alpha value is -2.11. The van der Waals surface area contributed by atoms with E-state index in [1.807, 2.05) is 0 Å². The molecule has 0 spiro atoms. The molecule has 1 aromatic heterocycles. The van der Waals surface area contributed by atoms with Crippen molar-refractivity contribution in [1.82, 2.24) is 4.98 Å². The minimum absolute atomic E-state index is 0.139. The maximum atomic E-state index is 12.1. The summed E-state index contributed by atoms with van der Waals surface area (Å²) >= 11 is 11.5. The van der Waals surface area contributed by atoms with Crippen molar-refractivity contribution in [3.8, 4) is 0 Å². The lowest BCUT2D eigenvalue weighted by atomic mass is 10.2. The fourth-order valence-corrected chi connectivity index (χ4v) is 2.14. The molecule has 0 atom stereocenters. The van der Waals surface area contributed by atoms with Crippen molar-refractivity contribution in [2.75, 3.05) is 10.6 Å². The van der Waals surface area contributed by atoms with Crippen LogP contribution in [0.5, 0.6) is 0 Å². The predicted octanol–water partition coefficient (Wildman–Crippen LogP) is 3.60. The number of hydrogen-bond donors (Lipinski definition) is 2. The first-order chi connectivity index (χ1) is 9.94. The van der Waals surface area contributed by atoms with Gasteiger partial charge in [-0.25, -0.2) is 4.98 Å². The van der Waals surface area contributed by atoms with Crippen LogP contribution in [0.25, 0.3) is 0 Å². The minimum atomic E-state index is -0.374. The molecule has 0 unspecified atom stereocenters. The summed E-state index contributed by atoms with van der Waals surface area (Å²) in [5.41, 5.74) is 1.42. The molecule has 108 valence electrons. The second kappa shape index (κ2) is 6.56. The van der Waals surface area contributed by atoms with E-state index < -0.39 is 0 Å². The lowest BCUT2D eigenvalue weighted by Gasteiger charge is -2.08. The molecule has 5 nitrogen and oxygen atoms in total. The molecule has 2 aromatic rings. The summed E-state index contributed by atoms with van der Waals surface area (Å²) in [7, 11) is 0. The fraction of sp³-hybridized carbons (Fsp3) is 0.0714. The van der Waals surface area contributed by atoms with E-state index in [1.54, 1.807) is 24.3 Å². The van der Waals surface area contributed by atoms with E-state index >= 15 is 0 Å². The largest absolute Gasteiger partial charge is 0.326 e. The molecular formula is C14H11Cl2N3O2. The molecule has 0 saturated heterocycles. The summed E-state index contributed by atoms with van der Waals surface area (Å²) in [6.45, 7) is 1.41. The smallest absolute Gasteiger partial charge is 0.255 e. The topological polar surface area (TPSA) is 71.1 Å². The van der Waals surface area contributed by atoms with Gasteiger partial charge in [0.1, 0.15) is 10.3 Å². The zero-order valence-corrected chi connectivity index (χ0v) is 12.5. The number of pyridine rings is 1. The summed E-state index contributed by atoms with van der Waals surface area (Å²) in [6.07, 6.45) is 0. The number of hydrogen-bond acceptors (Lipinski definition) is 3. The monoisotopic (exact) mass is 323 g/mol. The Labute approximate surface area is 131 Å². The highest BCUT2D eigenvalue weighted by Crippen LogP contribution is 2.18. The zero-order chi connectivity index (χ0) is 15.4. The number of rotatable bonds is 3. The average molecular weight is 324 g/mol. The summed E-state index contributed by atoms with van der Waals surface area (Å²) in [5.74, 6) is -0.563. The highest BCUT2D eigenvalue weighted by molar-refractivity contribution is 6.33. The Bertz CT molecular complexity index is 684. The molecule has 2 amide bonds. The zero-order valence-electron chi connectivity index (χ0n) is 11.0. The molecule has 0 aliphatic rings. The van der Waals surface area contributed by atoms with Crippen LogP contribution in [0.3, 0.4) is 0 Å². The highest BCUT2D eigenvalue weighted by atomic mass is 35.5. The molecule has 0 aliphatic carbocycles. The Morgan fingerprint density at radius 2 is 1.57 bits per heavy atom. The molecule has 0 aliphatic heterocycles. The third kappa shape index (κ3) is 4.44. The summed E-state index contributed by atoms with van der Waals surface area (Å²) in [5, 5.41) is 5.60. The van der Waals surface area contributed by atoms with Crippen LogP contribution < -0.4 is 10.6 Å². The molecule has 1 aromatic carbocycles. The van der Waals surface area contributed by atoms with Crippen molar-refractivity contribution >= 4 is 46.4 Å². The number of nitrogens with zero attached hydrogens (tertiary/aromatic N) is 1. The van der Waals surface area contributed by atoms with Crippen LogP contribution >= 0.6 is 23.2 Å². The maximum Gasteiger partial charge on any atom is 0.255 e. The van der Waals surface area contributed by atoms with Crippen molar-refractivity contribution in [3.63, 3.8) is 0 Å². The molecule has 2 N–H and O–H groups in total. The van der Waals surface area contributed by atoms with E-state index in [9.17, 15) is 9.59 Å². The van der Waals surface area contributed by atoms with E-state index in [4.69, 9.17) is 23.2 Å².